The number of amides is 1. The molecule has 34 heavy (non-hydrogen) atoms. The molecule has 7 nitrogen and oxygen atoms in total. The molecule has 0 fully saturated rings. The van der Waals surface area contributed by atoms with Crippen molar-refractivity contribution >= 4 is 17.7 Å². The number of carbonyl (C=O) groups is 3. The van der Waals surface area contributed by atoms with E-state index in [9.17, 15) is 14.4 Å². The Hall–Kier alpha value is -4.13. The standard InChI is InChI=1S/C27H21NO6/c1-32-21-13-15-11-12-28-23(19(15)14-22(21)33-2)27(20-10-6-5-9-18(20)25(28)30)24(29)16-7-3-4-8-17(16)26(31)34-27/h3-10,13-14,23H,11-12H2,1-2H3/t23-,27-/m0/s1. The molecule has 0 saturated heterocycles. The first-order chi connectivity index (χ1) is 16.5. The maximum atomic E-state index is 14.3. The summed E-state index contributed by atoms with van der Waals surface area (Å²) in [6.45, 7) is 0.370. The quantitative estimate of drug-likeness (QED) is 0.548. The van der Waals surface area contributed by atoms with Crippen LogP contribution in [0.2, 0.25) is 0 Å². The largest absolute Gasteiger partial charge is 0.493 e. The summed E-state index contributed by atoms with van der Waals surface area (Å²) in [6, 6.07) is 16.4. The summed E-state index contributed by atoms with van der Waals surface area (Å²) in [7, 11) is 3.09. The van der Waals surface area contributed by atoms with Gasteiger partial charge < -0.3 is 19.1 Å². The lowest BCUT2D eigenvalue weighted by molar-refractivity contribution is -0.0617. The van der Waals surface area contributed by atoms with Crippen molar-refractivity contribution in [3.05, 3.63) is 94.0 Å². The highest BCUT2D eigenvalue weighted by atomic mass is 16.6. The Kier molecular flexibility index (Phi) is 4.33. The first-order valence-electron chi connectivity index (χ1n) is 11.0. The second-order valence-electron chi connectivity index (χ2n) is 8.60. The molecule has 0 N–H and O–H groups in total. The van der Waals surface area contributed by atoms with Crippen LogP contribution in [0.25, 0.3) is 0 Å². The van der Waals surface area contributed by atoms with Crippen LogP contribution in [0.1, 0.15) is 53.8 Å². The zero-order valence-corrected chi connectivity index (χ0v) is 18.7. The van der Waals surface area contributed by atoms with Crippen LogP contribution in [0.5, 0.6) is 11.5 Å². The SMILES string of the molecule is COc1cc2c(cc1OC)[C@@H]1N(CC2)C(=O)c2ccccc2[C@]12OC(=O)c1ccccc1C2=O. The van der Waals surface area contributed by atoms with Crippen LogP contribution in [-0.4, -0.2) is 43.3 Å². The van der Waals surface area contributed by atoms with Crippen molar-refractivity contribution in [2.75, 3.05) is 20.8 Å². The molecule has 6 rings (SSSR count). The number of Topliss-reactive ketones (excluding diaryl/α,β-unsaturated/α-hetero) is 1. The molecule has 0 aliphatic carbocycles. The number of hydrogen-bond acceptors (Lipinski definition) is 6. The topological polar surface area (TPSA) is 82.1 Å². The van der Waals surface area contributed by atoms with Gasteiger partial charge >= 0.3 is 5.97 Å². The number of methoxy groups -OCH3 is 2. The smallest absolute Gasteiger partial charge is 0.340 e. The molecule has 0 unspecified atom stereocenters. The highest BCUT2D eigenvalue weighted by Crippen LogP contribution is 2.55. The lowest BCUT2D eigenvalue weighted by Crippen LogP contribution is -2.60. The summed E-state index contributed by atoms with van der Waals surface area (Å²) in [5.41, 5.74) is 1.17. The van der Waals surface area contributed by atoms with Gasteiger partial charge in [-0.2, -0.15) is 0 Å². The minimum Gasteiger partial charge on any atom is -0.493 e. The normalized spacial score (nSPS) is 22.4. The zero-order chi connectivity index (χ0) is 23.6. The number of benzene rings is 3. The van der Waals surface area contributed by atoms with Crippen LogP contribution >= 0.6 is 0 Å². The maximum Gasteiger partial charge on any atom is 0.340 e. The third kappa shape index (κ3) is 2.49. The van der Waals surface area contributed by atoms with Gasteiger partial charge in [0, 0.05) is 23.2 Å². The van der Waals surface area contributed by atoms with Crippen LogP contribution in [0.4, 0.5) is 0 Å². The summed E-state index contributed by atoms with van der Waals surface area (Å²) in [5, 5.41) is 0. The molecule has 1 amide bonds. The van der Waals surface area contributed by atoms with E-state index in [1.807, 2.05) is 6.07 Å². The van der Waals surface area contributed by atoms with Gasteiger partial charge in [0.25, 0.3) is 5.91 Å². The molecule has 0 bridgehead atoms. The number of ketones is 1. The molecule has 3 aromatic rings. The molecule has 0 saturated carbocycles. The molecule has 1 spiro atoms. The number of hydrogen-bond donors (Lipinski definition) is 0. The number of carbonyl (C=O) groups excluding carboxylic acids is 3. The average molecular weight is 455 g/mol. The molecule has 0 aromatic heterocycles. The second kappa shape index (κ2) is 7.18. The maximum absolute atomic E-state index is 14.3. The Morgan fingerprint density at radius 2 is 1.53 bits per heavy atom. The van der Waals surface area contributed by atoms with Gasteiger partial charge in [-0.05, 0) is 41.8 Å². The minimum atomic E-state index is -1.72. The lowest BCUT2D eigenvalue weighted by atomic mass is 9.68. The van der Waals surface area contributed by atoms with E-state index in [4.69, 9.17) is 14.2 Å². The van der Waals surface area contributed by atoms with Gasteiger partial charge in [0.05, 0.1) is 19.8 Å². The van der Waals surface area contributed by atoms with E-state index in [1.165, 1.54) is 7.11 Å². The van der Waals surface area contributed by atoms with Crippen molar-refractivity contribution in [1.29, 1.82) is 0 Å². The summed E-state index contributed by atoms with van der Waals surface area (Å²) >= 11 is 0. The Morgan fingerprint density at radius 3 is 2.26 bits per heavy atom. The van der Waals surface area contributed by atoms with Gasteiger partial charge in [0.1, 0.15) is 6.04 Å². The summed E-state index contributed by atoms with van der Waals surface area (Å²) in [6.07, 6.45) is 0.564. The van der Waals surface area contributed by atoms with E-state index in [-0.39, 0.29) is 22.8 Å². The lowest BCUT2D eigenvalue weighted by Gasteiger charge is -2.52. The van der Waals surface area contributed by atoms with E-state index in [2.05, 4.69) is 0 Å². The van der Waals surface area contributed by atoms with Crippen LogP contribution in [0, 0.1) is 0 Å². The molecule has 3 aliphatic heterocycles. The highest BCUT2D eigenvalue weighted by molar-refractivity contribution is 6.17. The van der Waals surface area contributed by atoms with E-state index in [1.54, 1.807) is 66.6 Å². The second-order valence-corrected chi connectivity index (χ2v) is 8.60. The Labute approximate surface area is 195 Å². The third-order valence-corrected chi connectivity index (χ3v) is 7.06. The number of nitrogens with zero attached hydrogens (tertiary/aromatic N) is 1. The first kappa shape index (κ1) is 20.5. The van der Waals surface area contributed by atoms with Gasteiger partial charge in [-0.15, -0.1) is 0 Å². The molecule has 2 atom stereocenters. The summed E-state index contributed by atoms with van der Waals surface area (Å²) in [5.74, 6) is -0.107. The monoisotopic (exact) mass is 455 g/mol. The number of fused-ring (bicyclic) bond motifs is 7. The number of ether oxygens (including phenoxy) is 3. The van der Waals surface area contributed by atoms with Crippen molar-refractivity contribution in [3.8, 4) is 11.5 Å². The van der Waals surface area contributed by atoms with Crippen molar-refractivity contribution in [3.63, 3.8) is 0 Å². The summed E-state index contributed by atoms with van der Waals surface area (Å²) in [4.78, 5) is 42.8. The number of rotatable bonds is 2. The summed E-state index contributed by atoms with van der Waals surface area (Å²) < 4.78 is 17.1. The predicted octanol–water partition coefficient (Wildman–Crippen LogP) is 3.71. The van der Waals surface area contributed by atoms with Crippen LogP contribution in [0.15, 0.2) is 60.7 Å². The fraction of sp³-hybridized carbons (Fsp3) is 0.222. The van der Waals surface area contributed by atoms with Crippen LogP contribution in [-0.2, 0) is 16.8 Å². The number of esters is 1. The molecule has 3 heterocycles. The molecule has 170 valence electrons. The van der Waals surface area contributed by atoms with Crippen molar-refractivity contribution in [1.82, 2.24) is 4.90 Å². The van der Waals surface area contributed by atoms with Gasteiger partial charge in [-0.3, -0.25) is 9.59 Å². The fourth-order valence-electron chi connectivity index (χ4n) is 5.56. The predicted molar refractivity (Wildman–Crippen MR) is 121 cm³/mol. The van der Waals surface area contributed by atoms with Gasteiger partial charge in [0.15, 0.2) is 11.5 Å². The van der Waals surface area contributed by atoms with Crippen molar-refractivity contribution < 1.29 is 28.6 Å². The van der Waals surface area contributed by atoms with Crippen molar-refractivity contribution in [2.45, 2.75) is 18.1 Å². The van der Waals surface area contributed by atoms with E-state index in [0.717, 1.165) is 5.56 Å². The Balaban J connectivity index is 1.69. The molecule has 3 aliphatic rings. The van der Waals surface area contributed by atoms with E-state index < -0.39 is 17.6 Å². The first-order valence-corrected chi connectivity index (χ1v) is 11.0. The Bertz CT molecular complexity index is 1400. The highest BCUT2D eigenvalue weighted by Gasteiger charge is 2.62. The molecule has 0 radical (unpaired) electrons. The molecule has 7 heteroatoms. The third-order valence-electron chi connectivity index (χ3n) is 7.06. The molecular weight excluding hydrogens is 434 g/mol. The van der Waals surface area contributed by atoms with Gasteiger partial charge in [-0.1, -0.05) is 36.4 Å². The minimum absolute atomic E-state index is 0.200. The average Bonchev–Trinajstić information content (AvgIpc) is 2.88. The van der Waals surface area contributed by atoms with Gasteiger partial charge in [0.2, 0.25) is 11.4 Å². The molecular formula is C27H21NO6. The zero-order valence-electron chi connectivity index (χ0n) is 18.7. The van der Waals surface area contributed by atoms with Crippen LogP contribution < -0.4 is 9.47 Å². The molecule has 3 aromatic carbocycles. The fourth-order valence-corrected chi connectivity index (χ4v) is 5.56. The van der Waals surface area contributed by atoms with Gasteiger partial charge in [-0.25, -0.2) is 4.79 Å². The Morgan fingerprint density at radius 1 is 0.882 bits per heavy atom. The van der Waals surface area contributed by atoms with E-state index in [0.29, 0.717) is 41.2 Å². The van der Waals surface area contributed by atoms with E-state index >= 15 is 0 Å². The van der Waals surface area contributed by atoms with Crippen LogP contribution in [0.3, 0.4) is 0 Å². The van der Waals surface area contributed by atoms with Crippen molar-refractivity contribution in [2.24, 2.45) is 0 Å².